The molecule has 2 fully saturated rings. The number of benzene rings is 1. The molecule has 2 heterocycles. The Balaban J connectivity index is 1.47. The van der Waals surface area contributed by atoms with Gasteiger partial charge in [0.1, 0.15) is 0 Å². The van der Waals surface area contributed by atoms with E-state index in [-0.39, 0.29) is 5.41 Å². The van der Waals surface area contributed by atoms with Gasteiger partial charge in [-0.1, -0.05) is 34.5 Å². The number of hydrogen-bond acceptors (Lipinski definition) is 3. The molecule has 1 aliphatic heterocycles. The van der Waals surface area contributed by atoms with E-state index in [1.165, 1.54) is 11.3 Å². The molecule has 1 aliphatic carbocycles. The quantitative estimate of drug-likeness (QED) is 0.790. The molecular weight excluding hydrogens is 378 g/mol. The van der Waals surface area contributed by atoms with E-state index in [1.807, 2.05) is 36.7 Å². The van der Waals surface area contributed by atoms with Crippen LogP contribution in [0.2, 0.25) is 0 Å². The number of halogens is 1. The second-order valence-electron chi connectivity index (χ2n) is 6.93. The second-order valence-corrected chi connectivity index (χ2v) is 7.84. The van der Waals surface area contributed by atoms with Crippen molar-refractivity contribution in [2.45, 2.75) is 24.7 Å². The summed E-state index contributed by atoms with van der Waals surface area (Å²) in [6.45, 7) is 3.34. The SMILES string of the molecule is O=C(N1CCN(c2ccncc2)CC1)C1(c2ccc(Br)cc2)CCC1. The maximum absolute atomic E-state index is 13.3. The van der Waals surface area contributed by atoms with E-state index in [0.29, 0.717) is 5.91 Å². The van der Waals surface area contributed by atoms with Gasteiger partial charge in [-0.15, -0.1) is 0 Å². The lowest BCUT2D eigenvalue weighted by Gasteiger charge is -2.46. The average molecular weight is 400 g/mol. The first-order valence-corrected chi connectivity index (χ1v) is 9.69. The fraction of sp³-hybridized carbons (Fsp3) is 0.400. The third-order valence-corrected chi connectivity index (χ3v) is 6.14. The smallest absolute Gasteiger partial charge is 0.233 e. The largest absolute Gasteiger partial charge is 0.368 e. The third kappa shape index (κ3) is 3.06. The monoisotopic (exact) mass is 399 g/mol. The van der Waals surface area contributed by atoms with Gasteiger partial charge < -0.3 is 9.80 Å². The van der Waals surface area contributed by atoms with Gasteiger partial charge in [0.15, 0.2) is 0 Å². The first-order chi connectivity index (χ1) is 12.2. The Bertz CT molecular complexity index is 735. The molecule has 0 N–H and O–H groups in total. The molecule has 1 amide bonds. The highest BCUT2D eigenvalue weighted by Crippen LogP contribution is 2.45. The molecule has 1 saturated heterocycles. The highest BCUT2D eigenvalue weighted by molar-refractivity contribution is 9.10. The Morgan fingerprint density at radius 3 is 2.16 bits per heavy atom. The molecule has 1 saturated carbocycles. The van der Waals surface area contributed by atoms with Gasteiger partial charge in [-0.3, -0.25) is 9.78 Å². The summed E-state index contributed by atoms with van der Waals surface area (Å²) in [7, 11) is 0. The number of piperazine rings is 1. The molecule has 4 rings (SSSR count). The summed E-state index contributed by atoms with van der Waals surface area (Å²) >= 11 is 3.49. The van der Waals surface area contributed by atoms with Crippen molar-refractivity contribution in [3.8, 4) is 0 Å². The first-order valence-electron chi connectivity index (χ1n) is 8.89. The summed E-state index contributed by atoms with van der Waals surface area (Å²) in [5.41, 5.74) is 2.07. The molecule has 1 aromatic heterocycles. The van der Waals surface area contributed by atoms with Gasteiger partial charge in [0, 0.05) is 48.7 Å². The average Bonchev–Trinajstić information content (AvgIpc) is 2.63. The summed E-state index contributed by atoms with van der Waals surface area (Å²) in [6, 6.07) is 12.4. The van der Waals surface area contributed by atoms with Crippen LogP contribution in [-0.4, -0.2) is 42.0 Å². The van der Waals surface area contributed by atoms with Gasteiger partial charge in [-0.2, -0.15) is 0 Å². The number of pyridine rings is 1. The summed E-state index contributed by atoms with van der Waals surface area (Å²) < 4.78 is 1.06. The molecular formula is C20H22BrN3O. The molecule has 0 bridgehead atoms. The van der Waals surface area contributed by atoms with Crippen LogP contribution < -0.4 is 4.90 Å². The molecule has 0 spiro atoms. The molecule has 5 heteroatoms. The van der Waals surface area contributed by atoms with Crippen molar-refractivity contribution in [3.05, 3.63) is 58.8 Å². The number of carbonyl (C=O) groups is 1. The van der Waals surface area contributed by atoms with Crippen LogP contribution in [0.3, 0.4) is 0 Å². The molecule has 2 aliphatic rings. The maximum Gasteiger partial charge on any atom is 0.233 e. The van der Waals surface area contributed by atoms with Crippen molar-refractivity contribution >= 4 is 27.5 Å². The van der Waals surface area contributed by atoms with Crippen molar-refractivity contribution in [2.24, 2.45) is 0 Å². The van der Waals surface area contributed by atoms with Crippen LogP contribution in [0.15, 0.2) is 53.3 Å². The number of carbonyl (C=O) groups excluding carboxylic acids is 1. The van der Waals surface area contributed by atoms with E-state index in [4.69, 9.17) is 0 Å². The number of hydrogen-bond donors (Lipinski definition) is 0. The fourth-order valence-electron chi connectivity index (χ4n) is 3.95. The van der Waals surface area contributed by atoms with Crippen molar-refractivity contribution in [1.29, 1.82) is 0 Å². The third-order valence-electron chi connectivity index (χ3n) is 5.61. The molecule has 130 valence electrons. The van der Waals surface area contributed by atoms with Crippen LogP contribution in [-0.2, 0) is 10.2 Å². The number of amides is 1. The van der Waals surface area contributed by atoms with Crippen LogP contribution >= 0.6 is 15.9 Å². The Labute approximate surface area is 157 Å². The lowest BCUT2D eigenvalue weighted by molar-refractivity contribution is -0.141. The summed E-state index contributed by atoms with van der Waals surface area (Å²) in [5, 5.41) is 0. The van der Waals surface area contributed by atoms with Crippen molar-refractivity contribution in [1.82, 2.24) is 9.88 Å². The zero-order valence-electron chi connectivity index (χ0n) is 14.2. The normalized spacial score (nSPS) is 19.4. The van der Waals surface area contributed by atoms with Crippen LogP contribution in [0.1, 0.15) is 24.8 Å². The molecule has 1 aromatic carbocycles. The molecule has 0 atom stereocenters. The van der Waals surface area contributed by atoms with Crippen molar-refractivity contribution in [2.75, 3.05) is 31.1 Å². The van der Waals surface area contributed by atoms with Gasteiger partial charge in [0.05, 0.1) is 5.41 Å². The highest BCUT2D eigenvalue weighted by Gasteiger charge is 2.47. The highest BCUT2D eigenvalue weighted by atomic mass is 79.9. The maximum atomic E-state index is 13.3. The van der Waals surface area contributed by atoms with Gasteiger partial charge in [0.25, 0.3) is 0 Å². The Kier molecular flexibility index (Phi) is 4.50. The lowest BCUT2D eigenvalue weighted by atomic mass is 9.63. The second kappa shape index (κ2) is 6.79. The van der Waals surface area contributed by atoms with E-state index in [0.717, 1.165) is 49.9 Å². The number of aromatic nitrogens is 1. The number of nitrogens with zero attached hydrogens (tertiary/aromatic N) is 3. The topological polar surface area (TPSA) is 36.4 Å². The lowest BCUT2D eigenvalue weighted by Crippen LogP contribution is -2.56. The van der Waals surface area contributed by atoms with Gasteiger partial charge >= 0.3 is 0 Å². The fourth-order valence-corrected chi connectivity index (χ4v) is 4.21. The van der Waals surface area contributed by atoms with E-state index in [2.05, 4.69) is 42.8 Å². The summed E-state index contributed by atoms with van der Waals surface area (Å²) in [5.74, 6) is 0.315. The van der Waals surface area contributed by atoms with Crippen molar-refractivity contribution in [3.63, 3.8) is 0 Å². The Morgan fingerprint density at radius 2 is 1.60 bits per heavy atom. The van der Waals surface area contributed by atoms with Crippen LogP contribution in [0, 0.1) is 0 Å². The molecule has 0 radical (unpaired) electrons. The minimum Gasteiger partial charge on any atom is -0.368 e. The number of anilines is 1. The molecule has 2 aromatic rings. The standard InChI is InChI=1S/C20H22BrN3O/c21-17-4-2-16(3-5-17)20(8-1-9-20)19(25)24-14-12-23(13-15-24)18-6-10-22-11-7-18/h2-7,10-11H,1,8-9,12-15H2. The van der Waals surface area contributed by atoms with Gasteiger partial charge in [-0.25, -0.2) is 0 Å². The summed E-state index contributed by atoms with van der Waals surface area (Å²) in [6.07, 6.45) is 6.72. The van der Waals surface area contributed by atoms with Crippen molar-refractivity contribution < 1.29 is 4.79 Å². The minimum atomic E-state index is -0.292. The predicted molar refractivity (Wildman–Crippen MR) is 103 cm³/mol. The van der Waals surface area contributed by atoms with E-state index in [9.17, 15) is 4.79 Å². The van der Waals surface area contributed by atoms with E-state index >= 15 is 0 Å². The zero-order chi connectivity index (χ0) is 17.3. The van der Waals surface area contributed by atoms with E-state index < -0.39 is 0 Å². The van der Waals surface area contributed by atoms with Gasteiger partial charge in [-0.05, 0) is 42.7 Å². The summed E-state index contributed by atoms with van der Waals surface area (Å²) in [4.78, 5) is 21.8. The zero-order valence-corrected chi connectivity index (χ0v) is 15.8. The minimum absolute atomic E-state index is 0.292. The van der Waals surface area contributed by atoms with Crippen LogP contribution in [0.4, 0.5) is 5.69 Å². The first kappa shape index (κ1) is 16.6. The Hall–Kier alpha value is -1.88. The molecule has 4 nitrogen and oxygen atoms in total. The molecule has 25 heavy (non-hydrogen) atoms. The van der Waals surface area contributed by atoms with Crippen LogP contribution in [0.5, 0.6) is 0 Å². The Morgan fingerprint density at radius 1 is 0.960 bits per heavy atom. The number of rotatable bonds is 3. The van der Waals surface area contributed by atoms with Gasteiger partial charge in [0.2, 0.25) is 5.91 Å². The predicted octanol–water partition coefficient (Wildman–Crippen LogP) is 3.61. The van der Waals surface area contributed by atoms with Crippen LogP contribution in [0.25, 0.3) is 0 Å². The molecule has 0 unspecified atom stereocenters. The van der Waals surface area contributed by atoms with E-state index in [1.54, 1.807) is 0 Å².